The van der Waals surface area contributed by atoms with Gasteiger partial charge in [-0.1, -0.05) is 50.7 Å². The van der Waals surface area contributed by atoms with Crippen molar-refractivity contribution in [1.29, 1.82) is 15.8 Å². The molecule has 290 valence electrons. The average molecular weight is 809 g/mol. The van der Waals surface area contributed by atoms with Crippen LogP contribution in [0.2, 0.25) is 0 Å². The average Bonchev–Trinajstić information content (AvgIpc) is 4.00. The van der Waals surface area contributed by atoms with Crippen LogP contribution in [0.15, 0.2) is 83.0 Å². The summed E-state index contributed by atoms with van der Waals surface area (Å²) in [4.78, 5) is 58.7. The van der Waals surface area contributed by atoms with E-state index in [-0.39, 0.29) is 66.6 Å². The van der Waals surface area contributed by atoms with Crippen LogP contribution in [0.4, 0.5) is 5.69 Å². The van der Waals surface area contributed by atoms with Crippen molar-refractivity contribution in [3.8, 4) is 18.2 Å². The van der Waals surface area contributed by atoms with Crippen LogP contribution >= 0.6 is 11.3 Å². The van der Waals surface area contributed by atoms with Crippen LogP contribution in [-0.4, -0.2) is 23.1 Å². The number of ketones is 4. The Morgan fingerprint density at radius 2 is 0.934 bits per heavy atom. The minimum Gasteiger partial charge on any atom is -0.288 e. The van der Waals surface area contributed by atoms with Crippen molar-refractivity contribution < 1.29 is 19.2 Å². The van der Waals surface area contributed by atoms with Crippen molar-refractivity contribution in [2.24, 2.45) is 0 Å². The predicted molar refractivity (Wildman–Crippen MR) is 232 cm³/mol. The number of nitriles is 3. The maximum Gasteiger partial charge on any atom is 0.205 e. The smallest absolute Gasteiger partial charge is 0.205 e. The molecule has 2 fully saturated rings. The van der Waals surface area contributed by atoms with Gasteiger partial charge in [0.15, 0.2) is 23.1 Å². The Morgan fingerprint density at radius 1 is 0.541 bits per heavy atom. The van der Waals surface area contributed by atoms with Gasteiger partial charge in [0.2, 0.25) is 5.69 Å². The molecule has 4 aromatic carbocycles. The summed E-state index contributed by atoms with van der Waals surface area (Å²) >= 11 is 1.72. The molecule has 1 aromatic heterocycles. The molecule has 0 bridgehead atoms. The third kappa shape index (κ3) is 4.99. The first kappa shape index (κ1) is 36.8. The Balaban J connectivity index is 1.01. The molecule has 6 aliphatic carbocycles. The van der Waals surface area contributed by atoms with Gasteiger partial charge in [-0.3, -0.25) is 19.2 Å². The molecule has 0 unspecified atom stereocenters. The van der Waals surface area contributed by atoms with Crippen LogP contribution in [0.5, 0.6) is 0 Å². The normalized spacial score (nSPS) is 19.7. The number of hydrogen-bond donors (Lipinski definition) is 0. The summed E-state index contributed by atoms with van der Waals surface area (Å²) in [7, 11) is 0. The predicted octanol–water partition coefficient (Wildman–Crippen LogP) is 11.4. The number of Topliss-reactive ketones (excluding diaryl/α,β-unsaturated/α-hetero) is 4. The van der Waals surface area contributed by atoms with Gasteiger partial charge in [-0.05, 0) is 120 Å². The lowest BCUT2D eigenvalue weighted by molar-refractivity contribution is 0.0973. The van der Waals surface area contributed by atoms with Crippen LogP contribution in [0.3, 0.4) is 0 Å². The van der Waals surface area contributed by atoms with Crippen molar-refractivity contribution in [2.45, 2.75) is 75.0 Å². The highest BCUT2D eigenvalue weighted by Crippen LogP contribution is 2.57. The van der Waals surface area contributed by atoms with Crippen LogP contribution in [-0.2, 0) is 10.8 Å². The summed E-state index contributed by atoms with van der Waals surface area (Å²) in [6.07, 6.45) is 17.7. The Bertz CT molecular complexity index is 3000. The standard InChI is InChI=1S/C52H32N4O4S/c1-56-44-23-39-38(16-31(44)26-55)49(59)41(50(39)60)20-33-13-28-18-46-35(22-43(28)52(33)10-6-3-7-11-52)34-21-42-27(17-45(34)61-46)12-32(51(42)8-4-2-5-9-51)19-40-47(57)36-14-29(24-53)30(25-54)15-37(36)48(40)58/h12-23H,2-11H2/b41-20-. The molecule has 0 atom stereocenters. The summed E-state index contributed by atoms with van der Waals surface area (Å²) in [5.41, 5.74) is 6.87. The van der Waals surface area contributed by atoms with Crippen LogP contribution in [0, 0.1) is 40.6 Å². The molecule has 1 heterocycles. The number of nitrogens with zero attached hydrogens (tertiary/aromatic N) is 4. The zero-order chi connectivity index (χ0) is 41.9. The largest absolute Gasteiger partial charge is 0.288 e. The number of fused-ring (bicyclic) bond motifs is 9. The summed E-state index contributed by atoms with van der Waals surface area (Å²) in [5.74, 6) is -1.66. The number of benzene rings is 4. The fourth-order valence-electron chi connectivity index (χ4n) is 11.3. The monoisotopic (exact) mass is 808 g/mol. The second kappa shape index (κ2) is 13.1. The van der Waals surface area contributed by atoms with E-state index in [9.17, 15) is 35.0 Å². The molecule has 2 saturated carbocycles. The van der Waals surface area contributed by atoms with E-state index in [1.165, 1.54) is 35.4 Å². The fourth-order valence-corrected chi connectivity index (χ4v) is 12.5. The molecule has 9 heteroatoms. The van der Waals surface area contributed by atoms with Crippen LogP contribution in [0.25, 0.3) is 37.2 Å². The molecule has 0 radical (unpaired) electrons. The fraction of sp³-hybridized carbons (Fsp3) is 0.231. The third-order valence-electron chi connectivity index (χ3n) is 14.3. The summed E-state index contributed by atoms with van der Waals surface area (Å²) in [6, 6.07) is 20.6. The highest BCUT2D eigenvalue weighted by molar-refractivity contribution is 7.25. The van der Waals surface area contributed by atoms with E-state index >= 15 is 0 Å². The van der Waals surface area contributed by atoms with E-state index in [0.717, 1.165) is 107 Å². The molecule has 6 aliphatic rings. The molecule has 0 amide bonds. The first-order chi connectivity index (χ1) is 29.6. The zero-order valence-electron chi connectivity index (χ0n) is 32.8. The Kier molecular flexibility index (Phi) is 7.89. The van der Waals surface area contributed by atoms with Crippen LogP contribution in [0.1, 0.15) is 145 Å². The second-order valence-electron chi connectivity index (χ2n) is 17.2. The SMILES string of the molecule is [C-]#[N+]c1cc2c(cc1C#N)C(=O)/C(=C/C1=Cc3cc4sc5cc6c(cc5c4cc3C13CCCCC3)C1(CCCCC1)C(C=C1C(=O)c3cc(C#N)c(C#N)cc3C1=O)=C6)C2=O. The molecule has 0 aliphatic heterocycles. The summed E-state index contributed by atoms with van der Waals surface area (Å²) < 4.78 is 2.28. The zero-order valence-corrected chi connectivity index (χ0v) is 33.6. The maximum absolute atomic E-state index is 13.8. The van der Waals surface area contributed by atoms with Gasteiger partial charge in [-0.15, -0.1) is 11.3 Å². The molecule has 8 nitrogen and oxygen atoms in total. The van der Waals surface area contributed by atoms with Gasteiger partial charge in [-0.2, -0.15) is 15.8 Å². The number of rotatable bonds is 2. The van der Waals surface area contributed by atoms with E-state index in [1.54, 1.807) is 23.5 Å². The topological polar surface area (TPSA) is 144 Å². The molecule has 2 spiro atoms. The van der Waals surface area contributed by atoms with Gasteiger partial charge >= 0.3 is 0 Å². The number of thiophene rings is 1. The number of allylic oxidation sites excluding steroid dienone is 6. The van der Waals surface area contributed by atoms with E-state index < -0.39 is 23.1 Å². The van der Waals surface area contributed by atoms with Gasteiger partial charge in [0, 0.05) is 53.3 Å². The van der Waals surface area contributed by atoms with E-state index in [0.29, 0.717) is 0 Å². The van der Waals surface area contributed by atoms with Crippen molar-refractivity contribution in [2.75, 3.05) is 0 Å². The van der Waals surface area contributed by atoms with Crippen molar-refractivity contribution in [3.05, 3.63) is 156 Å². The lowest BCUT2D eigenvalue weighted by atomic mass is 9.66. The number of hydrogen-bond acceptors (Lipinski definition) is 8. The van der Waals surface area contributed by atoms with Gasteiger partial charge in [-0.25, -0.2) is 4.85 Å². The van der Waals surface area contributed by atoms with Gasteiger partial charge < -0.3 is 0 Å². The van der Waals surface area contributed by atoms with Crippen molar-refractivity contribution in [1.82, 2.24) is 0 Å². The van der Waals surface area contributed by atoms with Crippen molar-refractivity contribution in [3.63, 3.8) is 0 Å². The molecule has 0 saturated heterocycles. The minimum atomic E-state index is -0.418. The molecule has 11 rings (SSSR count). The summed E-state index contributed by atoms with van der Waals surface area (Å²) in [5, 5.41) is 31.1. The number of carbonyl (C=O) groups excluding carboxylic acids is 4. The quantitative estimate of drug-likeness (QED) is 0.0980. The van der Waals surface area contributed by atoms with E-state index in [4.69, 9.17) is 6.57 Å². The first-order valence-electron chi connectivity index (χ1n) is 20.7. The Labute approximate surface area is 354 Å². The first-order valence-corrected chi connectivity index (χ1v) is 21.5. The lowest BCUT2D eigenvalue weighted by Gasteiger charge is -2.37. The minimum absolute atomic E-state index is 0.0630. The maximum atomic E-state index is 13.8. The van der Waals surface area contributed by atoms with Crippen molar-refractivity contribution >= 4 is 72.5 Å². The van der Waals surface area contributed by atoms with Gasteiger partial charge in [0.05, 0.1) is 40.5 Å². The highest BCUT2D eigenvalue weighted by atomic mass is 32.1. The van der Waals surface area contributed by atoms with E-state index in [2.05, 4.69) is 41.3 Å². The van der Waals surface area contributed by atoms with Crippen LogP contribution < -0.4 is 0 Å². The third-order valence-corrected chi connectivity index (χ3v) is 15.4. The van der Waals surface area contributed by atoms with Gasteiger partial charge in [0.1, 0.15) is 12.1 Å². The molecular formula is C52H32N4O4S. The van der Waals surface area contributed by atoms with E-state index in [1.807, 2.05) is 18.2 Å². The Hall–Kier alpha value is -7.30. The molecule has 0 N–H and O–H groups in total. The lowest BCUT2D eigenvalue weighted by Crippen LogP contribution is -2.29. The molecular weight excluding hydrogens is 777 g/mol. The number of carbonyl (C=O) groups is 4. The van der Waals surface area contributed by atoms with Gasteiger partial charge in [0.25, 0.3) is 0 Å². The molecule has 5 aromatic rings. The Morgan fingerprint density at radius 3 is 1.33 bits per heavy atom. The highest BCUT2D eigenvalue weighted by Gasteiger charge is 2.46. The second-order valence-corrected chi connectivity index (χ2v) is 18.3. The molecule has 61 heavy (non-hydrogen) atoms. The summed E-state index contributed by atoms with van der Waals surface area (Å²) in [6.45, 7) is 7.50.